The molecule has 0 saturated carbocycles. The van der Waals surface area contributed by atoms with Crippen molar-refractivity contribution in [3.63, 3.8) is 0 Å². The van der Waals surface area contributed by atoms with E-state index in [-0.39, 0.29) is 6.04 Å². The summed E-state index contributed by atoms with van der Waals surface area (Å²) in [6, 6.07) is 5.89. The summed E-state index contributed by atoms with van der Waals surface area (Å²) in [4.78, 5) is 6.90. The van der Waals surface area contributed by atoms with Crippen molar-refractivity contribution in [1.82, 2.24) is 20.4 Å². The molecule has 1 saturated heterocycles. The Balaban J connectivity index is 1.80. The van der Waals surface area contributed by atoms with Gasteiger partial charge in [-0.1, -0.05) is 16.8 Å². The van der Waals surface area contributed by atoms with Crippen LogP contribution in [0.3, 0.4) is 0 Å². The molecule has 0 spiro atoms. The molecule has 1 aliphatic heterocycles. The Kier molecular flexibility index (Phi) is 4.24. The lowest BCUT2D eigenvalue weighted by Crippen LogP contribution is -2.44. The van der Waals surface area contributed by atoms with E-state index in [0.717, 1.165) is 48.2 Å². The third-order valence-corrected chi connectivity index (χ3v) is 4.34. The van der Waals surface area contributed by atoms with Crippen LogP contribution < -0.4 is 5.32 Å². The van der Waals surface area contributed by atoms with Crippen molar-refractivity contribution in [2.75, 3.05) is 26.2 Å². The van der Waals surface area contributed by atoms with E-state index in [1.807, 2.05) is 25.1 Å². The summed E-state index contributed by atoms with van der Waals surface area (Å²) >= 11 is 6.05. The van der Waals surface area contributed by atoms with E-state index in [1.165, 1.54) is 0 Å². The van der Waals surface area contributed by atoms with Gasteiger partial charge in [0.25, 0.3) is 5.89 Å². The maximum Gasteiger partial charge on any atom is 0.257 e. The van der Waals surface area contributed by atoms with Gasteiger partial charge in [-0.3, -0.25) is 4.90 Å². The Morgan fingerprint density at radius 2 is 2.10 bits per heavy atom. The highest BCUT2D eigenvalue weighted by molar-refractivity contribution is 6.31. The van der Waals surface area contributed by atoms with Crippen LogP contribution in [-0.4, -0.2) is 41.2 Å². The second-order valence-corrected chi connectivity index (χ2v) is 5.79. The van der Waals surface area contributed by atoms with Gasteiger partial charge in [0.2, 0.25) is 0 Å². The van der Waals surface area contributed by atoms with Crippen LogP contribution in [-0.2, 0) is 0 Å². The van der Waals surface area contributed by atoms with Crippen molar-refractivity contribution in [2.45, 2.75) is 19.9 Å². The Morgan fingerprint density at radius 3 is 2.81 bits per heavy atom. The quantitative estimate of drug-likeness (QED) is 0.945. The number of rotatable bonds is 3. The fraction of sp³-hybridized carbons (Fsp3) is 0.467. The molecule has 0 bridgehead atoms. The van der Waals surface area contributed by atoms with Gasteiger partial charge in [-0.05, 0) is 37.6 Å². The molecule has 6 heteroatoms. The lowest BCUT2D eigenvalue weighted by atomic mass is 10.1. The largest absolute Gasteiger partial charge is 0.334 e. The first-order valence-corrected chi connectivity index (χ1v) is 7.58. The average molecular weight is 307 g/mol. The van der Waals surface area contributed by atoms with Crippen molar-refractivity contribution < 1.29 is 4.52 Å². The standard InChI is InChI=1S/C15H19ClN4O/c1-10-9-12(3-4-13(10)16)15-18-14(19-21-15)11(2)20-7-5-17-6-8-20/h3-4,9,11,17H,5-8H2,1-2H3. The minimum atomic E-state index is 0.165. The fourth-order valence-electron chi connectivity index (χ4n) is 2.53. The number of aromatic nitrogens is 2. The van der Waals surface area contributed by atoms with Gasteiger partial charge in [0.1, 0.15) is 0 Å². The summed E-state index contributed by atoms with van der Waals surface area (Å²) in [5.74, 6) is 1.28. The Morgan fingerprint density at radius 1 is 1.33 bits per heavy atom. The van der Waals surface area contributed by atoms with Crippen LogP contribution >= 0.6 is 11.6 Å². The van der Waals surface area contributed by atoms with Crippen molar-refractivity contribution >= 4 is 11.6 Å². The minimum absolute atomic E-state index is 0.165. The second kappa shape index (κ2) is 6.13. The molecule has 1 N–H and O–H groups in total. The molecule has 112 valence electrons. The molecule has 1 fully saturated rings. The highest BCUT2D eigenvalue weighted by atomic mass is 35.5. The number of piperazine rings is 1. The lowest BCUT2D eigenvalue weighted by molar-refractivity contribution is 0.176. The van der Waals surface area contributed by atoms with E-state index < -0.39 is 0 Å². The van der Waals surface area contributed by atoms with Gasteiger partial charge in [0.15, 0.2) is 5.82 Å². The molecule has 0 amide bonds. The van der Waals surface area contributed by atoms with Gasteiger partial charge in [-0.15, -0.1) is 0 Å². The van der Waals surface area contributed by atoms with Crippen molar-refractivity contribution in [3.8, 4) is 11.5 Å². The van der Waals surface area contributed by atoms with Gasteiger partial charge in [-0.2, -0.15) is 4.98 Å². The Labute approximate surface area is 129 Å². The third-order valence-electron chi connectivity index (χ3n) is 3.92. The summed E-state index contributed by atoms with van der Waals surface area (Å²) < 4.78 is 5.41. The van der Waals surface area contributed by atoms with Crippen LogP contribution in [0.2, 0.25) is 5.02 Å². The number of aryl methyl sites for hydroxylation is 1. The molecule has 2 heterocycles. The van der Waals surface area contributed by atoms with Gasteiger partial charge < -0.3 is 9.84 Å². The fourth-order valence-corrected chi connectivity index (χ4v) is 2.65. The predicted molar refractivity (Wildman–Crippen MR) is 82.3 cm³/mol. The Hall–Kier alpha value is -1.43. The molecule has 0 aliphatic carbocycles. The van der Waals surface area contributed by atoms with Crippen LogP contribution in [0.1, 0.15) is 24.4 Å². The van der Waals surface area contributed by atoms with Crippen LogP contribution in [0.15, 0.2) is 22.7 Å². The highest BCUT2D eigenvalue weighted by Crippen LogP contribution is 2.25. The van der Waals surface area contributed by atoms with E-state index in [1.54, 1.807) is 0 Å². The van der Waals surface area contributed by atoms with Crippen LogP contribution in [0, 0.1) is 6.92 Å². The number of hydrogen-bond acceptors (Lipinski definition) is 5. The zero-order valence-electron chi connectivity index (χ0n) is 12.3. The van der Waals surface area contributed by atoms with E-state index in [0.29, 0.717) is 5.89 Å². The molecule has 0 radical (unpaired) electrons. The average Bonchev–Trinajstić information content (AvgIpc) is 3.00. The molecule has 1 atom stereocenters. The zero-order chi connectivity index (χ0) is 14.8. The van der Waals surface area contributed by atoms with Crippen molar-refractivity contribution in [1.29, 1.82) is 0 Å². The third kappa shape index (κ3) is 3.10. The summed E-state index contributed by atoms with van der Waals surface area (Å²) in [7, 11) is 0. The van der Waals surface area contributed by atoms with E-state index in [4.69, 9.17) is 16.1 Å². The number of nitrogens with one attached hydrogen (secondary N) is 1. The van der Waals surface area contributed by atoms with E-state index >= 15 is 0 Å². The lowest BCUT2D eigenvalue weighted by Gasteiger charge is -2.30. The van der Waals surface area contributed by atoms with Gasteiger partial charge in [0, 0.05) is 36.8 Å². The number of nitrogens with zero attached hydrogens (tertiary/aromatic N) is 3. The molecule has 5 nitrogen and oxygen atoms in total. The van der Waals surface area contributed by atoms with Crippen molar-refractivity contribution in [2.24, 2.45) is 0 Å². The van der Waals surface area contributed by atoms with Crippen LogP contribution in [0.25, 0.3) is 11.5 Å². The summed E-state index contributed by atoms with van der Waals surface area (Å²) in [6.07, 6.45) is 0. The van der Waals surface area contributed by atoms with Crippen molar-refractivity contribution in [3.05, 3.63) is 34.6 Å². The second-order valence-electron chi connectivity index (χ2n) is 5.38. The molecular weight excluding hydrogens is 288 g/mol. The number of benzene rings is 1. The van der Waals surface area contributed by atoms with Gasteiger partial charge in [-0.25, -0.2) is 0 Å². The molecule has 2 aromatic rings. The topological polar surface area (TPSA) is 54.2 Å². The van der Waals surface area contributed by atoms with Gasteiger partial charge in [0.05, 0.1) is 6.04 Å². The van der Waals surface area contributed by atoms with Crippen LogP contribution in [0.5, 0.6) is 0 Å². The summed E-state index contributed by atoms with van der Waals surface area (Å²) in [5.41, 5.74) is 1.91. The molecule has 21 heavy (non-hydrogen) atoms. The first kappa shape index (κ1) is 14.5. The molecular formula is C15H19ClN4O. The monoisotopic (exact) mass is 306 g/mol. The highest BCUT2D eigenvalue weighted by Gasteiger charge is 2.22. The molecule has 3 rings (SSSR count). The number of hydrogen-bond donors (Lipinski definition) is 1. The van der Waals surface area contributed by atoms with Crippen LogP contribution in [0.4, 0.5) is 0 Å². The van der Waals surface area contributed by atoms with E-state index in [2.05, 4.69) is 27.3 Å². The summed E-state index contributed by atoms with van der Waals surface area (Å²) in [5, 5.41) is 8.23. The van der Waals surface area contributed by atoms with Gasteiger partial charge >= 0.3 is 0 Å². The Bertz CT molecular complexity index is 622. The predicted octanol–water partition coefficient (Wildman–Crippen LogP) is 2.66. The minimum Gasteiger partial charge on any atom is -0.334 e. The molecule has 1 aromatic heterocycles. The number of halogens is 1. The summed E-state index contributed by atoms with van der Waals surface area (Å²) in [6.45, 7) is 8.10. The molecule has 1 unspecified atom stereocenters. The first-order valence-electron chi connectivity index (χ1n) is 7.20. The first-order chi connectivity index (χ1) is 10.1. The van der Waals surface area contributed by atoms with E-state index in [9.17, 15) is 0 Å². The molecule has 1 aromatic carbocycles. The smallest absolute Gasteiger partial charge is 0.257 e. The normalized spacial score (nSPS) is 17.9. The maximum absolute atomic E-state index is 6.05. The molecule has 1 aliphatic rings. The zero-order valence-corrected chi connectivity index (χ0v) is 13.0. The SMILES string of the molecule is Cc1cc(-c2nc(C(C)N3CCNCC3)no2)ccc1Cl. The maximum atomic E-state index is 6.05.